The molecule has 55 heavy (non-hydrogen) atoms. The van der Waals surface area contributed by atoms with Crippen LogP contribution in [-0.2, 0) is 20.2 Å². The number of rotatable bonds is 9. The van der Waals surface area contributed by atoms with Crippen molar-refractivity contribution in [3.63, 3.8) is 0 Å². The number of phenolic OH excluding ortho intramolecular Hbond substituents is 2. The van der Waals surface area contributed by atoms with Gasteiger partial charge in [0.15, 0.2) is 5.75 Å². The molecule has 0 heterocycles. The van der Waals surface area contributed by atoms with Crippen molar-refractivity contribution < 1.29 is 36.2 Å². The molecule has 0 aliphatic carbocycles. The molecule has 15 nitrogen and oxygen atoms in total. The first-order chi connectivity index (χ1) is 25.1. The van der Waals surface area contributed by atoms with Crippen LogP contribution in [0.25, 0.3) is 21.9 Å². The second-order valence-corrected chi connectivity index (χ2v) is 14.5. The van der Waals surface area contributed by atoms with Crippen LogP contribution in [0, 0.1) is 13.8 Å². The average Bonchev–Trinajstić information content (AvgIpc) is 3.10. The predicted molar refractivity (Wildman–Crippen MR) is 210 cm³/mol. The van der Waals surface area contributed by atoms with Crippen LogP contribution in [0.1, 0.15) is 11.1 Å². The Balaban J connectivity index is 0.00000336. The third kappa shape index (κ3) is 9.89. The zero-order valence-electron chi connectivity index (χ0n) is 29.8. The van der Waals surface area contributed by atoms with E-state index in [-0.39, 0.29) is 75.6 Å². The second-order valence-electron chi connectivity index (χ2n) is 11.7. The first-order valence-corrected chi connectivity index (χ1v) is 18.4. The number of phenols is 2. The third-order valence-electron chi connectivity index (χ3n) is 8.00. The Morgan fingerprint density at radius 1 is 0.545 bits per heavy atom. The number of hydrogen-bond donors (Lipinski definition) is 5. The molecular formula is C36H29N7Na2O8S2. The number of azo groups is 3. The molecule has 0 fully saturated rings. The van der Waals surface area contributed by atoms with Gasteiger partial charge in [0, 0.05) is 59.1 Å². The summed E-state index contributed by atoms with van der Waals surface area (Å²) in [5.74, 6) is -0.723. The van der Waals surface area contributed by atoms with Crippen LogP contribution >= 0.6 is 0 Å². The molecule has 0 unspecified atom stereocenters. The Morgan fingerprint density at radius 2 is 1.00 bits per heavy atom. The van der Waals surface area contributed by atoms with Crippen LogP contribution in [0.2, 0.25) is 0 Å². The Kier molecular flexibility index (Phi) is 13.9. The molecule has 0 saturated heterocycles. The summed E-state index contributed by atoms with van der Waals surface area (Å²) >= 11 is 0. The number of hydrogen-bond acceptors (Lipinski definition) is 13. The van der Waals surface area contributed by atoms with E-state index in [1.54, 1.807) is 61.5 Å². The minimum Gasteiger partial charge on any atom is -0.508 e. The Hall–Kier alpha value is -4.40. The zero-order valence-corrected chi connectivity index (χ0v) is 35.4. The van der Waals surface area contributed by atoms with Crippen molar-refractivity contribution in [3.8, 4) is 22.6 Å². The molecule has 6 rings (SSSR count). The molecule has 0 spiro atoms. The molecule has 0 atom stereocenters. The summed E-state index contributed by atoms with van der Waals surface area (Å²) in [4.78, 5) is -1.73. The van der Waals surface area contributed by atoms with Gasteiger partial charge in [0.1, 0.15) is 26.9 Å². The zero-order chi connectivity index (χ0) is 38.1. The molecule has 6 N–H and O–H groups in total. The molecule has 0 bridgehead atoms. The van der Waals surface area contributed by atoms with Gasteiger partial charge in [-0.2, -0.15) is 37.3 Å². The molecule has 6 aromatic rings. The standard InChI is InChI=1S/C36H29N7O8S2.2Na/c1-20-16-22(8-14-28(20)40-38-26-10-12-27(44)13-11-26)23-9-15-29(21(2)17-23)41-42-34-30(52(46,47)48)18-24-19-31(53(49,50)51)35(36(45)32(24)33(34)37)43-39-25-6-4-3-5-7-25;;/h3-19,44-45H,37H2,1-2H3,(H,46,47,48)(H,49,50,51);;. The number of fused-ring (bicyclic) bond motifs is 1. The average molecular weight is 798 g/mol. The fourth-order valence-corrected chi connectivity index (χ4v) is 6.66. The van der Waals surface area contributed by atoms with E-state index in [9.17, 15) is 36.2 Å². The van der Waals surface area contributed by atoms with Gasteiger partial charge in [0.2, 0.25) is 0 Å². The number of aromatic hydroxyl groups is 2. The van der Waals surface area contributed by atoms with Crippen molar-refractivity contribution in [1.29, 1.82) is 0 Å². The molecule has 0 saturated carbocycles. The van der Waals surface area contributed by atoms with Crippen LogP contribution in [0.4, 0.5) is 39.8 Å². The van der Waals surface area contributed by atoms with Crippen LogP contribution in [0.3, 0.4) is 0 Å². The summed E-state index contributed by atoms with van der Waals surface area (Å²) in [5, 5.41) is 44.7. The van der Waals surface area contributed by atoms with Crippen molar-refractivity contribution in [1.82, 2.24) is 0 Å². The SMILES string of the molecule is Cc1cc(-c2ccc(N=Nc3c(S(=O)(=O)O)cc4cc(S(=O)(=O)O)c(N=Nc5ccccc5)c(O)c4c3N)c(C)c2)ccc1N=Nc1ccc(O)cc1.[Na].[Na]. The smallest absolute Gasteiger partial charge is 0.296 e. The molecule has 0 aliphatic rings. The van der Waals surface area contributed by atoms with E-state index < -0.39 is 52.8 Å². The maximum atomic E-state index is 12.5. The normalized spacial score (nSPS) is 12.0. The summed E-state index contributed by atoms with van der Waals surface area (Å²) in [6.07, 6.45) is 0. The van der Waals surface area contributed by atoms with Crippen LogP contribution in [0.5, 0.6) is 11.5 Å². The summed E-state index contributed by atoms with van der Waals surface area (Å²) in [6, 6.07) is 27.0. The molecule has 270 valence electrons. The fourth-order valence-electron chi connectivity index (χ4n) is 5.34. The van der Waals surface area contributed by atoms with Gasteiger partial charge in [0.05, 0.1) is 33.8 Å². The van der Waals surface area contributed by atoms with Crippen molar-refractivity contribution in [2.45, 2.75) is 23.6 Å². The van der Waals surface area contributed by atoms with E-state index in [1.165, 1.54) is 12.1 Å². The monoisotopic (exact) mass is 797 g/mol. The Bertz CT molecular complexity index is 2730. The van der Waals surface area contributed by atoms with Gasteiger partial charge < -0.3 is 15.9 Å². The van der Waals surface area contributed by atoms with E-state index in [0.29, 0.717) is 28.3 Å². The van der Waals surface area contributed by atoms with Crippen LogP contribution in [-0.4, -0.2) is 95.3 Å². The second kappa shape index (κ2) is 17.6. The van der Waals surface area contributed by atoms with Gasteiger partial charge in [0.25, 0.3) is 20.2 Å². The van der Waals surface area contributed by atoms with Crippen molar-refractivity contribution >= 4 is 130 Å². The predicted octanol–water partition coefficient (Wildman–Crippen LogP) is 9.10. The molecule has 19 heteroatoms. The Morgan fingerprint density at radius 3 is 1.51 bits per heavy atom. The van der Waals surface area contributed by atoms with E-state index >= 15 is 0 Å². The van der Waals surface area contributed by atoms with E-state index in [0.717, 1.165) is 28.8 Å². The maximum Gasteiger partial charge on any atom is 0.296 e. The molecule has 0 amide bonds. The molecule has 0 aromatic heterocycles. The first kappa shape index (κ1) is 43.3. The van der Waals surface area contributed by atoms with E-state index in [2.05, 4.69) is 30.7 Å². The van der Waals surface area contributed by atoms with E-state index in [1.807, 2.05) is 31.2 Å². The molecule has 2 radical (unpaired) electrons. The third-order valence-corrected chi connectivity index (χ3v) is 9.73. The topological polar surface area (TPSA) is 249 Å². The van der Waals surface area contributed by atoms with Crippen molar-refractivity contribution in [3.05, 3.63) is 114 Å². The fraction of sp³-hybridized carbons (Fsp3) is 0.0556. The number of nitrogens with two attached hydrogens (primary N) is 1. The van der Waals surface area contributed by atoms with Crippen molar-refractivity contribution in [2.75, 3.05) is 5.73 Å². The molecular weight excluding hydrogens is 769 g/mol. The maximum absolute atomic E-state index is 12.5. The summed E-state index contributed by atoms with van der Waals surface area (Å²) in [5.41, 5.74) is 9.66. The number of benzene rings is 6. The number of aryl methyl sites for hydroxylation is 2. The minimum absolute atomic E-state index is 0. The van der Waals surface area contributed by atoms with Gasteiger partial charge in [-0.15, -0.1) is 10.2 Å². The van der Waals surface area contributed by atoms with Gasteiger partial charge in [-0.1, -0.05) is 30.3 Å². The van der Waals surface area contributed by atoms with Crippen molar-refractivity contribution in [2.24, 2.45) is 30.7 Å². The largest absolute Gasteiger partial charge is 0.508 e. The van der Waals surface area contributed by atoms with Gasteiger partial charge in [-0.25, -0.2) is 0 Å². The van der Waals surface area contributed by atoms with Gasteiger partial charge >= 0.3 is 0 Å². The first-order valence-electron chi connectivity index (χ1n) is 15.5. The van der Waals surface area contributed by atoms with Crippen LogP contribution in [0.15, 0.2) is 144 Å². The number of nitrogens with zero attached hydrogens (tertiary/aromatic N) is 6. The Labute approximate surface area is 359 Å². The molecule has 6 aromatic carbocycles. The number of nitrogen functional groups attached to an aromatic ring is 1. The number of anilines is 1. The van der Waals surface area contributed by atoms with Crippen LogP contribution < -0.4 is 5.73 Å². The van der Waals surface area contributed by atoms with Gasteiger partial charge in [-0.3, -0.25) is 9.11 Å². The summed E-state index contributed by atoms with van der Waals surface area (Å²) < 4.78 is 69.7. The van der Waals surface area contributed by atoms with Gasteiger partial charge in [-0.05, 0) is 114 Å². The van der Waals surface area contributed by atoms with E-state index in [4.69, 9.17) is 5.73 Å². The minimum atomic E-state index is -5.05. The quantitative estimate of drug-likeness (QED) is 0.0404. The summed E-state index contributed by atoms with van der Waals surface area (Å²) in [7, 11) is -10.1. The summed E-state index contributed by atoms with van der Waals surface area (Å²) in [6.45, 7) is 3.65. The molecule has 0 aliphatic heterocycles.